The van der Waals surface area contributed by atoms with E-state index in [2.05, 4.69) is 44.1 Å². The van der Waals surface area contributed by atoms with Crippen molar-refractivity contribution < 1.29 is 132 Å². The molecule has 3 saturated heterocycles. The van der Waals surface area contributed by atoms with E-state index in [1.165, 1.54) is 100 Å². The highest BCUT2D eigenvalue weighted by atomic mass is 35.5. The number of phenols is 1. The molecule has 0 unspecified atom stereocenters. The maximum atomic E-state index is 17.0. The van der Waals surface area contributed by atoms with Gasteiger partial charge in [-0.3, -0.25) is 38.4 Å². The summed E-state index contributed by atoms with van der Waals surface area (Å²) in [4.78, 5) is 140. The average Bonchev–Trinajstić information content (AvgIpc) is 1.56. The summed E-state index contributed by atoms with van der Waals surface area (Å²) in [5.41, 5.74) is 9.96. The van der Waals surface area contributed by atoms with Crippen molar-refractivity contribution in [2.75, 3.05) is 39.8 Å². The number of nitrogens with two attached hydrogens (primary N) is 2. The Morgan fingerprint density at radius 3 is 1.90 bits per heavy atom. The van der Waals surface area contributed by atoms with Gasteiger partial charge in [-0.05, 0) is 195 Å². The number of rotatable bonds is 33. The molecule has 0 spiro atoms. The Labute approximate surface area is 841 Å². The molecule has 0 saturated carbocycles. The van der Waals surface area contributed by atoms with Crippen LogP contribution in [0.2, 0.25) is 15.1 Å². The van der Waals surface area contributed by atoms with E-state index in [0.717, 1.165) is 72.5 Å². The van der Waals surface area contributed by atoms with Gasteiger partial charge in [0.1, 0.15) is 71.9 Å². The third-order valence-corrected chi connectivity index (χ3v) is 28.6. The van der Waals surface area contributed by atoms with Crippen LogP contribution in [-0.2, 0) is 79.2 Å². The van der Waals surface area contributed by atoms with Gasteiger partial charge >= 0.3 is 5.97 Å². The minimum Gasteiger partial charge on any atom is -0.508 e. The molecule has 16 rings (SSSR count). The monoisotopic (exact) mass is 2040 g/mol. The number of unbranched alkanes of at least 4 members (excludes halogenated alkanes) is 6. The molecule has 22 atom stereocenters. The number of likely N-dealkylation sites (N-methyl/N-ethyl adjacent to an activating group) is 1. The molecule has 8 aliphatic heterocycles. The first-order valence-corrected chi connectivity index (χ1v) is 49.5. The maximum absolute atomic E-state index is 17.0. The Bertz CT molecular complexity index is 5800. The van der Waals surface area contributed by atoms with Crippen molar-refractivity contribution in [1.82, 2.24) is 42.1 Å². The first kappa shape index (κ1) is 108. The number of aliphatic hydroxyl groups excluding tert-OH is 6. The molecule has 11 bridgehead atoms. The van der Waals surface area contributed by atoms with Gasteiger partial charge in [-0.2, -0.15) is 0 Å². The fourth-order valence-electron chi connectivity index (χ4n) is 19.7. The summed E-state index contributed by atoms with van der Waals surface area (Å²) in [5.74, 6) is -21.3. The topological polar surface area (TPSA) is 569 Å². The normalized spacial score (nSPS) is 28.2. The van der Waals surface area contributed by atoms with Gasteiger partial charge in [-0.1, -0.05) is 155 Å². The Morgan fingerprint density at radius 1 is 0.643 bits per heavy atom. The summed E-state index contributed by atoms with van der Waals surface area (Å²) in [5, 5.41) is 140. The molecule has 772 valence electrons. The molecule has 9 aliphatic rings. The lowest BCUT2D eigenvalue weighted by Gasteiger charge is -2.48. The number of aliphatic carboxylic acids is 1. The van der Waals surface area contributed by atoms with Crippen LogP contribution in [-0.4, -0.2) is 246 Å². The molecular weight excluding hydrogens is 1920 g/mol. The van der Waals surface area contributed by atoms with E-state index in [-0.39, 0.29) is 88.2 Å². The minimum absolute atomic E-state index is 0.00725. The number of hydrogen-bond donors (Lipinski definition) is 19. The van der Waals surface area contributed by atoms with Gasteiger partial charge < -0.3 is 143 Å². The number of nitrogens with one attached hydrogen (secondary N) is 7. The van der Waals surface area contributed by atoms with Gasteiger partial charge in [0.05, 0.1) is 59.4 Å². The number of nitrogens with zero attached hydrogens (tertiary/aromatic N) is 1. The lowest BCUT2D eigenvalue weighted by Crippen LogP contribution is -2.65. The first-order valence-electron chi connectivity index (χ1n) is 48.3. The molecular formula is C103H127Cl3N10O27. The fourth-order valence-corrected chi connectivity index (χ4v) is 20.2. The first-order chi connectivity index (χ1) is 67.9. The molecule has 0 aromatic heterocycles. The summed E-state index contributed by atoms with van der Waals surface area (Å²) in [6.45, 7) is 13.0. The van der Waals surface area contributed by atoms with Crippen LogP contribution >= 0.6 is 34.8 Å². The predicted octanol–water partition coefficient (Wildman–Crippen LogP) is 8.12. The lowest BCUT2D eigenvalue weighted by molar-refractivity contribution is -0.334. The lowest BCUT2D eigenvalue weighted by atomic mass is 9.84. The van der Waals surface area contributed by atoms with Crippen molar-refractivity contribution in [3.8, 4) is 56.8 Å². The van der Waals surface area contributed by atoms with Crippen LogP contribution in [0.5, 0.6) is 34.5 Å². The number of benzene rings is 7. The number of fused-ring (bicyclic) bond motifs is 12. The summed E-state index contributed by atoms with van der Waals surface area (Å²) in [6, 6.07) is 19.9. The predicted molar refractivity (Wildman–Crippen MR) is 522 cm³/mol. The van der Waals surface area contributed by atoms with E-state index in [9.17, 15) is 65.4 Å². The highest BCUT2D eigenvalue weighted by Crippen LogP contribution is 2.54. The van der Waals surface area contributed by atoms with Crippen molar-refractivity contribution in [3.05, 3.63) is 187 Å². The number of aliphatic hydroxyl groups is 8. The van der Waals surface area contributed by atoms with Gasteiger partial charge in [0.15, 0.2) is 47.8 Å². The number of primary amides is 1. The number of aromatic hydroxyl groups is 1. The van der Waals surface area contributed by atoms with Gasteiger partial charge in [0, 0.05) is 72.9 Å². The highest BCUT2D eigenvalue weighted by molar-refractivity contribution is 6.32. The molecule has 7 aromatic carbocycles. The molecule has 40 heteroatoms. The Kier molecular flexibility index (Phi) is 35.2. The number of ketones is 2. The van der Waals surface area contributed by atoms with Gasteiger partial charge in [0.25, 0.3) is 0 Å². The number of hydrogen-bond acceptors (Lipinski definition) is 30. The minimum atomic E-state index is -3.06. The van der Waals surface area contributed by atoms with Crippen LogP contribution in [0.4, 0.5) is 0 Å². The number of Topliss-reactive ketones (excluding diaryl/α,β-unsaturated/α-hetero) is 2. The second kappa shape index (κ2) is 46.5. The van der Waals surface area contributed by atoms with E-state index in [0.29, 0.717) is 24.5 Å². The third-order valence-electron chi connectivity index (χ3n) is 27.7. The van der Waals surface area contributed by atoms with Gasteiger partial charge in [-0.15, -0.1) is 0 Å². The highest BCUT2D eigenvalue weighted by Gasteiger charge is 2.54. The Balaban J connectivity index is 0.912. The molecule has 1 aliphatic carbocycles. The largest absolute Gasteiger partial charge is 0.508 e. The molecule has 0 radical (unpaired) electrons. The Morgan fingerprint density at radius 2 is 1.26 bits per heavy atom. The molecule has 6 amide bonds. The fraction of sp³-hybridized carbons (Fsp3) is 0.505. The number of halogens is 3. The van der Waals surface area contributed by atoms with E-state index in [1.807, 2.05) is 36.4 Å². The number of carboxylic acids is 1. The van der Waals surface area contributed by atoms with Crippen molar-refractivity contribution >= 4 is 87.8 Å². The van der Waals surface area contributed by atoms with Gasteiger partial charge in [-0.25, -0.2) is 4.79 Å². The SMILES string of the molecule is CCCCCCCCCNCCCNCC(=O)N(C)[C@H](CC(C)C)C(=O)N[C@H]1C(=O)C[C@@H](CC(N)=O)C(=O)N[C@H]2C(=O)C[C@H]3C(=O)N[C@H](C(=O)N[C@H](C(=O)O)c4cc(O)cc5c4-c4cc3ccc4C5(O)O)[C@H](O[C@H]3C[C@](C)(N)[C@@H](O)[C@H](C)O3)c3ccc(c(Cl)c3)Oc3cc2cc(c3O[C@@H]2O[C@H](CO)[C@@H](O)[C@H](O)[C@H]2O[C@H]2C[C@](C)(NCc3ccc(-c4ccc(Cl)cc4)cc3)[C@@H](O)[C@H](C)O2)Oc2ccc(cc2Cl)[C@H]1O. The van der Waals surface area contributed by atoms with Crippen LogP contribution in [0, 0.1) is 11.8 Å². The van der Waals surface area contributed by atoms with Crippen LogP contribution in [0.25, 0.3) is 22.3 Å². The number of phenolic OH excluding ortho intramolecular Hbond substituents is 1. The summed E-state index contributed by atoms with van der Waals surface area (Å²) >= 11 is 21.1. The summed E-state index contributed by atoms with van der Waals surface area (Å²) in [6.07, 6.45) is -16.5. The zero-order chi connectivity index (χ0) is 103. The average molecular weight is 2040 g/mol. The molecule has 37 nitrogen and oxygen atoms in total. The van der Waals surface area contributed by atoms with Crippen molar-refractivity contribution in [2.24, 2.45) is 23.3 Å². The smallest absolute Gasteiger partial charge is 0.330 e. The summed E-state index contributed by atoms with van der Waals surface area (Å²) in [7, 11) is 1.41. The number of amides is 6. The van der Waals surface area contributed by atoms with Crippen LogP contribution in [0.15, 0.2) is 127 Å². The van der Waals surface area contributed by atoms with E-state index < -0.39 is 262 Å². The van der Waals surface area contributed by atoms with Crippen molar-refractivity contribution in [1.29, 1.82) is 0 Å². The van der Waals surface area contributed by atoms with Gasteiger partial charge in [0.2, 0.25) is 53.3 Å². The van der Waals surface area contributed by atoms with Crippen molar-refractivity contribution in [2.45, 2.75) is 278 Å². The second-order valence-corrected chi connectivity index (χ2v) is 40.4. The van der Waals surface area contributed by atoms with Crippen LogP contribution in [0.1, 0.15) is 213 Å². The van der Waals surface area contributed by atoms with Crippen molar-refractivity contribution in [3.63, 3.8) is 0 Å². The quantitative estimate of drug-likeness (QED) is 0.0136. The van der Waals surface area contributed by atoms with Crippen LogP contribution < -0.4 is 62.9 Å². The van der Waals surface area contributed by atoms with E-state index in [1.54, 1.807) is 39.8 Å². The Hall–Kier alpha value is -10.4. The number of ether oxygens (including phenoxy) is 8. The molecule has 7 aromatic rings. The van der Waals surface area contributed by atoms with Crippen LogP contribution in [0.3, 0.4) is 0 Å². The summed E-state index contributed by atoms with van der Waals surface area (Å²) < 4.78 is 53.6. The number of carboxylic acid groups (broad SMARTS) is 1. The standard InChI is InChI=1S/C103H127Cl3N10O27/c1-9-10-11-12-13-14-15-31-109-32-16-33-110-48-79(122)116(8)70(34-50(2)3)97(130)114-85-71(119)38-60(41-78(107)121)95(128)112-83-59-39-75(138-73-29-24-57(87(85)123)36-68(73)105)91(143-100-92(89(125)88(124)77(49-117)140-100)142-81-46-102(7,94(127)52(5)137-81)111-47-53-17-19-54(20-18-53)55-21-26-61(104)27-22-55)76(40-59)139-74-30-25-58(37-69(74)106)90(141-80-45-101(6,108)93(126)51(4)136-80)86-98(131)113-84(99(132)133)65-42-62(118)43-67-82(65)64-35-56(23-28-66(64)103(67,134)135)63(44-72(83)120)96(129)115-86/h17-30,35-37,39-40,42-43,50-52,60,63,70,77,80-81,83-90,92-94,100,109-111,117-118,123-127,134-135H,9-16,31-34,38,41,44-49,108H2,1-8H3,(H2,107,121)(H,112,128)(H,113,131)(H,114,130)(H,115,129)(H,132,133)/t51-,52-,60-,63+,70+,77+,80-,81-,83+,84-,85-,86-,87+,88+,89-,90+,92+,93-,94-,100-,101-,102-/m0/s1. The van der Waals surface area contributed by atoms with E-state index >= 15 is 28.8 Å². The molecule has 21 N–H and O–H groups in total. The molecule has 143 heavy (non-hydrogen) atoms. The molecule has 3 fully saturated rings. The third kappa shape index (κ3) is 24.9. The zero-order valence-electron chi connectivity index (χ0n) is 80.5. The number of carbonyl (C=O) groups excluding carboxylic acids is 8. The second-order valence-electron chi connectivity index (χ2n) is 39.1. The molecule has 8 heterocycles. The maximum Gasteiger partial charge on any atom is 0.330 e. The zero-order valence-corrected chi connectivity index (χ0v) is 82.8. The number of carbonyl (C=O) groups is 9. The van der Waals surface area contributed by atoms with E-state index in [4.69, 9.17) is 84.2 Å².